The SMILES string of the molecule is CCCc1cc(-c2cccc(C3(CC)C4=CN=NC4NC4=C3C(=O)CC(C)(C)C4)c2)ccn1. The van der Waals surface area contributed by atoms with Gasteiger partial charge in [-0.2, -0.15) is 10.2 Å². The van der Waals surface area contributed by atoms with Gasteiger partial charge >= 0.3 is 0 Å². The fourth-order valence-electron chi connectivity index (χ4n) is 5.90. The second-order valence-corrected chi connectivity index (χ2v) is 10.3. The van der Waals surface area contributed by atoms with Gasteiger partial charge in [-0.1, -0.05) is 52.3 Å². The van der Waals surface area contributed by atoms with Crippen LogP contribution in [0.4, 0.5) is 0 Å². The summed E-state index contributed by atoms with van der Waals surface area (Å²) in [5.41, 5.74) is 7.01. The summed E-state index contributed by atoms with van der Waals surface area (Å²) < 4.78 is 0. The molecular formula is C28H32N4O. The Hall–Kier alpha value is -3.08. The molecule has 2 aliphatic heterocycles. The first-order valence-electron chi connectivity index (χ1n) is 12.1. The minimum atomic E-state index is -0.516. The van der Waals surface area contributed by atoms with Crippen LogP contribution in [0, 0.1) is 5.41 Å². The molecule has 3 aliphatic rings. The molecule has 5 heteroatoms. The molecule has 0 amide bonds. The normalized spacial score (nSPS) is 25.4. The van der Waals surface area contributed by atoms with Crippen molar-refractivity contribution in [1.29, 1.82) is 0 Å². The smallest absolute Gasteiger partial charge is 0.164 e. The summed E-state index contributed by atoms with van der Waals surface area (Å²) in [5, 5.41) is 12.3. The van der Waals surface area contributed by atoms with E-state index >= 15 is 0 Å². The van der Waals surface area contributed by atoms with Crippen LogP contribution in [0.15, 0.2) is 75.9 Å². The predicted molar refractivity (Wildman–Crippen MR) is 131 cm³/mol. The third-order valence-corrected chi connectivity index (χ3v) is 7.32. The Labute approximate surface area is 196 Å². The minimum absolute atomic E-state index is 0.0616. The van der Waals surface area contributed by atoms with Crippen LogP contribution in [-0.4, -0.2) is 16.9 Å². The second kappa shape index (κ2) is 8.05. The molecule has 1 aromatic heterocycles. The monoisotopic (exact) mass is 440 g/mol. The van der Waals surface area contributed by atoms with E-state index in [2.05, 4.69) is 84.6 Å². The maximum Gasteiger partial charge on any atom is 0.164 e. The molecule has 5 nitrogen and oxygen atoms in total. The van der Waals surface area contributed by atoms with E-state index in [1.54, 1.807) is 0 Å². The van der Waals surface area contributed by atoms with Gasteiger partial charge in [-0.25, -0.2) is 0 Å². The summed E-state index contributed by atoms with van der Waals surface area (Å²) in [6, 6.07) is 12.9. The summed E-state index contributed by atoms with van der Waals surface area (Å²) in [6.45, 7) is 8.69. The Kier molecular flexibility index (Phi) is 5.31. The minimum Gasteiger partial charge on any atom is -0.362 e. The third kappa shape index (κ3) is 3.54. The zero-order valence-electron chi connectivity index (χ0n) is 20.0. The van der Waals surface area contributed by atoms with Gasteiger partial charge in [0.15, 0.2) is 11.9 Å². The number of carbonyl (C=O) groups excluding carboxylic acids is 1. The van der Waals surface area contributed by atoms with E-state index < -0.39 is 5.41 Å². The highest BCUT2D eigenvalue weighted by Crippen LogP contribution is 2.54. The standard InChI is InChI=1S/C28H32N4O/c1-5-8-21-14-19(11-12-29-21)18-9-7-10-20(13-18)28(6-2)22-17-30-32-26(22)31-23-15-27(3,4)16-24(33)25(23)28/h7,9-14,17,26,31H,5-6,8,15-16H2,1-4H3. The van der Waals surface area contributed by atoms with Crippen LogP contribution in [0.1, 0.15) is 64.6 Å². The molecule has 5 rings (SSSR count). The van der Waals surface area contributed by atoms with Gasteiger partial charge in [0.05, 0.1) is 11.6 Å². The van der Waals surface area contributed by atoms with Gasteiger partial charge in [0.2, 0.25) is 0 Å². The number of Topliss-reactive ketones (excluding diaryl/α,β-unsaturated/α-hetero) is 1. The number of fused-ring (bicyclic) bond motifs is 1. The molecule has 0 saturated heterocycles. The second-order valence-electron chi connectivity index (χ2n) is 10.3. The van der Waals surface area contributed by atoms with Crippen LogP contribution < -0.4 is 5.32 Å². The van der Waals surface area contributed by atoms with E-state index in [4.69, 9.17) is 0 Å². The van der Waals surface area contributed by atoms with E-state index in [0.29, 0.717) is 6.42 Å². The van der Waals surface area contributed by atoms with Gasteiger partial charge in [-0.3, -0.25) is 9.78 Å². The Morgan fingerprint density at radius 3 is 2.70 bits per heavy atom. The number of allylic oxidation sites excluding steroid dienone is 2. The van der Waals surface area contributed by atoms with Gasteiger partial charge in [0.25, 0.3) is 0 Å². The molecule has 3 heterocycles. The lowest BCUT2D eigenvalue weighted by molar-refractivity contribution is -0.119. The maximum absolute atomic E-state index is 13.7. The number of hydrogen-bond acceptors (Lipinski definition) is 5. The van der Waals surface area contributed by atoms with Crippen LogP contribution in [0.2, 0.25) is 0 Å². The van der Waals surface area contributed by atoms with E-state index in [-0.39, 0.29) is 17.4 Å². The average molecular weight is 441 g/mol. The number of nitrogens with one attached hydrogen (secondary N) is 1. The van der Waals surface area contributed by atoms with Crippen molar-refractivity contribution in [2.75, 3.05) is 0 Å². The number of aryl methyl sites for hydroxylation is 1. The molecule has 2 aromatic rings. The van der Waals surface area contributed by atoms with Gasteiger partial charge in [0.1, 0.15) is 0 Å². The first-order chi connectivity index (χ1) is 15.9. The van der Waals surface area contributed by atoms with Crippen LogP contribution in [0.5, 0.6) is 0 Å². The Bertz CT molecular complexity index is 1210. The zero-order valence-corrected chi connectivity index (χ0v) is 20.0. The highest BCUT2D eigenvalue weighted by Gasteiger charge is 2.52. The summed E-state index contributed by atoms with van der Waals surface area (Å²) in [7, 11) is 0. The average Bonchev–Trinajstić information content (AvgIpc) is 3.26. The van der Waals surface area contributed by atoms with Crippen LogP contribution >= 0.6 is 0 Å². The molecule has 0 fully saturated rings. The first-order valence-corrected chi connectivity index (χ1v) is 12.1. The van der Waals surface area contributed by atoms with Crippen LogP contribution in [-0.2, 0) is 16.6 Å². The number of hydrogen-bond donors (Lipinski definition) is 1. The van der Waals surface area contributed by atoms with E-state index in [9.17, 15) is 4.79 Å². The topological polar surface area (TPSA) is 66.7 Å². The third-order valence-electron chi connectivity index (χ3n) is 7.32. The predicted octanol–water partition coefficient (Wildman–Crippen LogP) is 6.27. The molecule has 0 spiro atoms. The number of azo groups is 1. The zero-order chi connectivity index (χ0) is 23.2. The molecule has 0 bridgehead atoms. The lowest BCUT2D eigenvalue weighted by Gasteiger charge is -2.47. The number of carbonyl (C=O) groups is 1. The molecule has 2 atom stereocenters. The molecule has 1 N–H and O–H groups in total. The molecule has 1 aliphatic carbocycles. The van der Waals surface area contributed by atoms with Crippen molar-refractivity contribution in [3.63, 3.8) is 0 Å². The lowest BCUT2D eigenvalue weighted by atomic mass is 9.58. The quantitative estimate of drug-likeness (QED) is 0.596. The van der Waals surface area contributed by atoms with Crippen molar-refractivity contribution in [2.24, 2.45) is 15.6 Å². The fraction of sp³-hybridized carbons (Fsp3) is 0.429. The number of nitrogens with zero attached hydrogens (tertiary/aromatic N) is 3. The van der Waals surface area contributed by atoms with Crippen molar-refractivity contribution in [2.45, 2.75) is 71.4 Å². The summed E-state index contributed by atoms with van der Waals surface area (Å²) in [5.74, 6) is 0.237. The van der Waals surface area contributed by atoms with Crippen molar-refractivity contribution in [1.82, 2.24) is 10.3 Å². The number of pyridine rings is 1. The summed E-state index contributed by atoms with van der Waals surface area (Å²) in [4.78, 5) is 18.2. The largest absolute Gasteiger partial charge is 0.362 e. The van der Waals surface area contributed by atoms with E-state index in [1.807, 2.05) is 12.4 Å². The Morgan fingerprint density at radius 1 is 1.09 bits per heavy atom. The molecule has 1 aromatic carbocycles. The maximum atomic E-state index is 13.7. The molecule has 0 radical (unpaired) electrons. The van der Waals surface area contributed by atoms with E-state index in [1.165, 1.54) is 0 Å². The van der Waals surface area contributed by atoms with Crippen LogP contribution in [0.25, 0.3) is 11.1 Å². The number of rotatable bonds is 5. The van der Waals surface area contributed by atoms with Gasteiger partial charge in [0, 0.05) is 35.2 Å². The van der Waals surface area contributed by atoms with Crippen molar-refractivity contribution in [3.05, 3.63) is 76.9 Å². The van der Waals surface area contributed by atoms with Crippen molar-refractivity contribution < 1.29 is 4.79 Å². The molecule has 2 unspecified atom stereocenters. The molecule has 170 valence electrons. The van der Waals surface area contributed by atoms with Gasteiger partial charge in [-0.15, -0.1) is 0 Å². The van der Waals surface area contributed by atoms with Crippen molar-refractivity contribution in [3.8, 4) is 11.1 Å². The molecule has 33 heavy (non-hydrogen) atoms. The van der Waals surface area contributed by atoms with Gasteiger partial charge in [-0.05, 0) is 59.6 Å². The fourth-order valence-corrected chi connectivity index (χ4v) is 5.90. The molecular weight excluding hydrogens is 408 g/mol. The Balaban J connectivity index is 1.69. The van der Waals surface area contributed by atoms with Crippen molar-refractivity contribution >= 4 is 5.78 Å². The summed E-state index contributed by atoms with van der Waals surface area (Å²) in [6.07, 6.45) is 7.80. The number of aromatic nitrogens is 1. The van der Waals surface area contributed by atoms with Gasteiger partial charge < -0.3 is 5.32 Å². The van der Waals surface area contributed by atoms with Crippen LogP contribution in [0.3, 0.4) is 0 Å². The highest BCUT2D eigenvalue weighted by atomic mass is 16.1. The number of ketones is 1. The highest BCUT2D eigenvalue weighted by molar-refractivity contribution is 6.01. The molecule has 0 saturated carbocycles. The Morgan fingerprint density at radius 2 is 1.91 bits per heavy atom. The first kappa shape index (κ1) is 21.7. The lowest BCUT2D eigenvalue weighted by Crippen LogP contribution is -2.51. The number of benzene rings is 1. The summed E-state index contributed by atoms with van der Waals surface area (Å²) >= 11 is 0. The van der Waals surface area contributed by atoms with E-state index in [0.717, 1.165) is 64.9 Å².